The zero-order chi connectivity index (χ0) is 20.5. The summed E-state index contributed by atoms with van der Waals surface area (Å²) in [7, 11) is 1.64. The second kappa shape index (κ2) is 7.89. The summed E-state index contributed by atoms with van der Waals surface area (Å²) in [6.45, 7) is 0. The summed E-state index contributed by atoms with van der Waals surface area (Å²) in [6.07, 6.45) is 7.67. The topological polar surface area (TPSA) is 81.4 Å². The van der Waals surface area contributed by atoms with Crippen molar-refractivity contribution in [2.45, 2.75) is 50.1 Å². The number of hydrogen-bond acceptors (Lipinski definition) is 6. The molecule has 0 N–H and O–H groups in total. The van der Waals surface area contributed by atoms with Gasteiger partial charge in [-0.15, -0.1) is 0 Å². The summed E-state index contributed by atoms with van der Waals surface area (Å²) in [5.41, 5.74) is 1.83. The largest absolute Gasteiger partial charge is 0.497 e. The Labute approximate surface area is 175 Å². The average Bonchev–Trinajstić information content (AvgIpc) is 3.37. The molecule has 2 aliphatic heterocycles. The molecular weight excluding hydrogens is 380 g/mol. The minimum Gasteiger partial charge on any atom is -0.497 e. The lowest BCUT2D eigenvalue weighted by atomic mass is 9.90. The number of ether oxygens (including phenoxy) is 1. The highest BCUT2D eigenvalue weighted by atomic mass is 16.5. The number of methoxy groups -OCH3 is 1. The Morgan fingerprint density at radius 1 is 1.20 bits per heavy atom. The Morgan fingerprint density at radius 3 is 2.77 bits per heavy atom. The van der Waals surface area contributed by atoms with Gasteiger partial charge in [-0.2, -0.15) is 4.98 Å². The number of aromatic nitrogens is 3. The number of piperidine rings is 1. The van der Waals surface area contributed by atoms with Crippen molar-refractivity contribution >= 4 is 5.91 Å². The molecule has 0 spiro atoms. The van der Waals surface area contributed by atoms with Gasteiger partial charge < -0.3 is 14.2 Å². The summed E-state index contributed by atoms with van der Waals surface area (Å²) in [4.78, 5) is 23.9. The minimum absolute atomic E-state index is 0.191. The summed E-state index contributed by atoms with van der Waals surface area (Å²) in [5.74, 6) is 2.41. The second-order valence-electron chi connectivity index (χ2n) is 8.08. The van der Waals surface area contributed by atoms with Crippen molar-refractivity contribution in [1.82, 2.24) is 20.0 Å². The summed E-state index contributed by atoms with van der Waals surface area (Å²) >= 11 is 0. The fraction of sp³-hybridized carbons (Fsp3) is 0.391. The van der Waals surface area contributed by atoms with E-state index >= 15 is 0 Å². The van der Waals surface area contributed by atoms with Crippen LogP contribution in [0.4, 0.5) is 0 Å². The highest BCUT2D eigenvalue weighted by Crippen LogP contribution is 2.43. The Hall–Kier alpha value is -3.22. The molecule has 2 aromatic heterocycles. The molecule has 0 radical (unpaired) electrons. The fourth-order valence-electron chi connectivity index (χ4n) is 4.85. The van der Waals surface area contributed by atoms with Crippen molar-refractivity contribution < 1.29 is 14.1 Å². The molecule has 3 aromatic rings. The third kappa shape index (κ3) is 3.56. The monoisotopic (exact) mass is 404 g/mol. The predicted molar refractivity (Wildman–Crippen MR) is 110 cm³/mol. The molecule has 2 bridgehead atoms. The van der Waals surface area contributed by atoms with Crippen molar-refractivity contribution in [3.05, 3.63) is 60.2 Å². The van der Waals surface area contributed by atoms with Crippen LogP contribution in [0.2, 0.25) is 0 Å². The molecule has 5 rings (SSSR count). The van der Waals surface area contributed by atoms with Crippen LogP contribution in [-0.4, -0.2) is 45.1 Å². The van der Waals surface area contributed by atoms with E-state index in [0.29, 0.717) is 18.1 Å². The smallest absolute Gasteiger partial charge is 0.230 e. The van der Waals surface area contributed by atoms with Gasteiger partial charge >= 0.3 is 0 Å². The molecular formula is C23H24N4O3. The first-order valence-electron chi connectivity index (χ1n) is 10.4. The van der Waals surface area contributed by atoms with E-state index < -0.39 is 0 Å². The normalized spacial score (nSPS) is 22.8. The number of pyridine rings is 1. The molecule has 3 atom stereocenters. The van der Waals surface area contributed by atoms with Gasteiger partial charge in [0.2, 0.25) is 17.6 Å². The Kier molecular flexibility index (Phi) is 4.94. The minimum atomic E-state index is 0.191. The van der Waals surface area contributed by atoms with Crippen LogP contribution < -0.4 is 4.74 Å². The van der Waals surface area contributed by atoms with Crippen molar-refractivity contribution in [3.63, 3.8) is 0 Å². The highest BCUT2D eigenvalue weighted by molar-refractivity contribution is 5.80. The molecule has 4 heterocycles. The zero-order valence-corrected chi connectivity index (χ0v) is 16.9. The zero-order valence-electron chi connectivity index (χ0n) is 16.9. The van der Waals surface area contributed by atoms with E-state index in [1.165, 1.54) is 0 Å². The maximum atomic E-state index is 13.1. The first-order chi connectivity index (χ1) is 14.7. The van der Waals surface area contributed by atoms with Gasteiger partial charge in [-0.25, -0.2) is 0 Å². The number of rotatable bonds is 5. The molecule has 2 aliphatic rings. The number of nitrogens with zero attached hydrogens (tertiary/aromatic N) is 4. The molecule has 2 saturated heterocycles. The molecule has 1 amide bonds. The lowest BCUT2D eigenvalue weighted by Gasteiger charge is -2.38. The molecule has 30 heavy (non-hydrogen) atoms. The van der Waals surface area contributed by atoms with Crippen molar-refractivity contribution in [3.8, 4) is 17.1 Å². The van der Waals surface area contributed by atoms with E-state index in [-0.39, 0.29) is 23.9 Å². The maximum absolute atomic E-state index is 13.1. The summed E-state index contributed by atoms with van der Waals surface area (Å²) < 4.78 is 10.9. The molecule has 7 nitrogen and oxygen atoms in total. The Bertz CT molecular complexity index is 1020. The molecule has 1 unspecified atom stereocenters. The predicted octanol–water partition coefficient (Wildman–Crippen LogP) is 3.62. The number of hydrogen-bond donors (Lipinski definition) is 0. The van der Waals surface area contributed by atoms with Gasteiger partial charge in [-0.05, 0) is 55.5 Å². The molecule has 1 aromatic carbocycles. The molecule has 0 saturated carbocycles. The van der Waals surface area contributed by atoms with Crippen LogP contribution in [0.3, 0.4) is 0 Å². The van der Waals surface area contributed by atoms with Crippen LogP contribution in [0.25, 0.3) is 11.4 Å². The number of carbonyl (C=O) groups excluding carboxylic acids is 1. The van der Waals surface area contributed by atoms with E-state index in [0.717, 1.165) is 42.6 Å². The molecule has 7 heteroatoms. The van der Waals surface area contributed by atoms with Crippen molar-refractivity contribution in [2.75, 3.05) is 7.11 Å². The number of fused-ring (bicyclic) bond motifs is 2. The maximum Gasteiger partial charge on any atom is 0.230 e. The van der Waals surface area contributed by atoms with Crippen molar-refractivity contribution in [1.29, 1.82) is 0 Å². The lowest BCUT2D eigenvalue weighted by molar-refractivity contribution is -0.135. The van der Waals surface area contributed by atoms with Gasteiger partial charge in [0.05, 0.1) is 13.5 Å². The summed E-state index contributed by atoms with van der Waals surface area (Å²) in [5, 5.41) is 4.14. The lowest BCUT2D eigenvalue weighted by Crippen LogP contribution is -2.46. The van der Waals surface area contributed by atoms with Gasteiger partial charge in [-0.3, -0.25) is 9.78 Å². The Balaban J connectivity index is 1.28. The highest BCUT2D eigenvalue weighted by Gasteiger charge is 2.44. The first-order valence-corrected chi connectivity index (χ1v) is 10.4. The average molecular weight is 404 g/mol. The van der Waals surface area contributed by atoms with Gasteiger partial charge in [0.1, 0.15) is 5.75 Å². The van der Waals surface area contributed by atoms with Crippen LogP contribution in [-0.2, 0) is 11.2 Å². The van der Waals surface area contributed by atoms with Crippen LogP contribution >= 0.6 is 0 Å². The summed E-state index contributed by atoms with van der Waals surface area (Å²) in [6, 6.07) is 12.0. The van der Waals surface area contributed by atoms with Gasteiger partial charge in [0, 0.05) is 36.0 Å². The quantitative estimate of drug-likeness (QED) is 0.646. The second-order valence-corrected chi connectivity index (χ2v) is 8.08. The van der Waals surface area contributed by atoms with Gasteiger partial charge in [0.25, 0.3) is 0 Å². The fourth-order valence-corrected chi connectivity index (χ4v) is 4.85. The molecule has 0 aliphatic carbocycles. The molecule has 154 valence electrons. The van der Waals surface area contributed by atoms with E-state index in [1.807, 2.05) is 36.4 Å². The van der Waals surface area contributed by atoms with Gasteiger partial charge in [-0.1, -0.05) is 17.3 Å². The van der Waals surface area contributed by atoms with Crippen LogP contribution in [0.5, 0.6) is 5.75 Å². The van der Waals surface area contributed by atoms with Crippen LogP contribution in [0.1, 0.15) is 43.1 Å². The van der Waals surface area contributed by atoms with Crippen LogP contribution in [0.15, 0.2) is 53.3 Å². The van der Waals surface area contributed by atoms with E-state index in [2.05, 4.69) is 20.0 Å². The number of carbonyl (C=O) groups is 1. The van der Waals surface area contributed by atoms with Crippen LogP contribution in [0, 0.1) is 0 Å². The SMILES string of the molecule is COc1cccc(CC(=O)N2[C@@H]3CC[C@H]2CC(c2nc(-c4cccnc4)no2)C3)c1. The third-order valence-corrected chi connectivity index (χ3v) is 6.22. The standard InChI is InChI=1S/C23H24N4O3/c1-29-20-6-2-4-15(10-20)11-21(28)27-18-7-8-19(27)13-17(12-18)23-25-22(26-30-23)16-5-3-9-24-14-16/h2-6,9-10,14,17-19H,7-8,11-13H2,1H3/t17?,18-,19+. The van der Waals surface area contributed by atoms with E-state index in [9.17, 15) is 4.79 Å². The number of amides is 1. The number of benzene rings is 1. The first kappa shape index (κ1) is 18.8. The third-order valence-electron chi connectivity index (χ3n) is 6.22. The van der Waals surface area contributed by atoms with E-state index in [4.69, 9.17) is 9.26 Å². The molecule has 2 fully saturated rings. The van der Waals surface area contributed by atoms with E-state index in [1.54, 1.807) is 19.5 Å². The van der Waals surface area contributed by atoms with Gasteiger partial charge in [0.15, 0.2) is 0 Å². The van der Waals surface area contributed by atoms with Crippen molar-refractivity contribution in [2.24, 2.45) is 0 Å². The Morgan fingerprint density at radius 2 is 2.03 bits per heavy atom.